The molecular weight excluding hydrogens is 469 g/mol. The van der Waals surface area contributed by atoms with Crippen molar-refractivity contribution in [3.05, 3.63) is 54.3 Å². The van der Waals surface area contributed by atoms with Crippen molar-refractivity contribution in [1.82, 2.24) is 4.90 Å². The summed E-state index contributed by atoms with van der Waals surface area (Å²) in [5, 5.41) is 1.52. The van der Waals surface area contributed by atoms with Gasteiger partial charge in [-0.15, -0.1) is 0 Å². The maximum Gasteiger partial charge on any atom is 0.221 e. The monoisotopic (exact) mass is 495 g/mol. The van der Waals surface area contributed by atoms with Crippen molar-refractivity contribution in [2.45, 2.75) is 23.1 Å². The van der Waals surface area contributed by atoms with Crippen molar-refractivity contribution in [3.63, 3.8) is 0 Å². The normalized spacial score (nSPS) is 23.4. The maximum absolute atomic E-state index is 13.4. The Morgan fingerprint density at radius 3 is 2.15 bits per heavy atom. The fourth-order valence-corrected chi connectivity index (χ4v) is 9.33. The molecule has 0 spiro atoms. The number of nitrogens with one attached hydrogen (secondary N) is 1. The number of halogens is 1. The van der Waals surface area contributed by atoms with Crippen LogP contribution in [0.4, 0.5) is 15.8 Å². The molecule has 2 aliphatic heterocycles. The van der Waals surface area contributed by atoms with E-state index in [1.54, 1.807) is 12.1 Å². The van der Waals surface area contributed by atoms with E-state index in [-0.39, 0.29) is 22.4 Å². The minimum atomic E-state index is -3.91. The maximum atomic E-state index is 13.4. The van der Waals surface area contributed by atoms with Crippen LogP contribution in [0.5, 0.6) is 0 Å². The van der Waals surface area contributed by atoms with Gasteiger partial charge < -0.3 is 10.2 Å². The van der Waals surface area contributed by atoms with Gasteiger partial charge in [0.15, 0.2) is 19.7 Å². The third kappa shape index (κ3) is 5.20. The van der Waals surface area contributed by atoms with Crippen molar-refractivity contribution in [3.8, 4) is 0 Å². The number of benzene rings is 2. The van der Waals surface area contributed by atoms with Crippen LogP contribution in [0.2, 0.25) is 0 Å². The SMILES string of the molecule is CC(=O)Nc1ccc(S(=O)(=O)C2CS(=O)(=O)CC2N2CCN(c3ccc(F)cc3)CC2)cc1. The van der Waals surface area contributed by atoms with E-state index in [4.69, 9.17) is 0 Å². The lowest BCUT2D eigenvalue weighted by atomic mass is 10.1. The van der Waals surface area contributed by atoms with Gasteiger partial charge in [-0.05, 0) is 48.5 Å². The lowest BCUT2D eigenvalue weighted by Gasteiger charge is -2.40. The van der Waals surface area contributed by atoms with Gasteiger partial charge in [-0.25, -0.2) is 21.2 Å². The first-order chi connectivity index (χ1) is 15.5. The molecule has 2 aromatic rings. The lowest BCUT2D eigenvalue weighted by Crippen LogP contribution is -2.55. The van der Waals surface area contributed by atoms with E-state index in [9.17, 15) is 26.0 Å². The second-order valence-electron chi connectivity index (χ2n) is 8.43. The van der Waals surface area contributed by atoms with E-state index in [1.165, 1.54) is 43.3 Å². The van der Waals surface area contributed by atoms with E-state index >= 15 is 0 Å². The van der Waals surface area contributed by atoms with Crippen LogP contribution < -0.4 is 10.2 Å². The number of carbonyl (C=O) groups is 1. The highest BCUT2D eigenvalue weighted by Gasteiger charge is 2.48. The number of amides is 1. The number of sulfone groups is 2. The minimum Gasteiger partial charge on any atom is -0.369 e. The van der Waals surface area contributed by atoms with E-state index in [0.29, 0.717) is 31.9 Å². The number of nitrogens with zero attached hydrogens (tertiary/aromatic N) is 2. The van der Waals surface area contributed by atoms with E-state index in [1.807, 2.05) is 4.90 Å². The first-order valence-electron chi connectivity index (χ1n) is 10.6. The van der Waals surface area contributed by atoms with Crippen LogP contribution in [0.1, 0.15) is 6.92 Å². The molecule has 2 heterocycles. The topological polar surface area (TPSA) is 104 Å². The summed E-state index contributed by atoms with van der Waals surface area (Å²) in [6, 6.07) is 11.3. The third-order valence-electron chi connectivity index (χ3n) is 6.15. The molecule has 2 aliphatic rings. The van der Waals surface area contributed by atoms with Gasteiger partial charge in [0.25, 0.3) is 0 Å². The minimum absolute atomic E-state index is 0.0358. The van der Waals surface area contributed by atoms with E-state index in [2.05, 4.69) is 10.2 Å². The number of hydrogen-bond donors (Lipinski definition) is 1. The van der Waals surface area contributed by atoms with Gasteiger partial charge in [-0.3, -0.25) is 9.69 Å². The fourth-order valence-electron chi connectivity index (χ4n) is 4.50. The van der Waals surface area contributed by atoms with Crippen LogP contribution in [0.15, 0.2) is 53.4 Å². The zero-order chi connectivity index (χ0) is 23.8. The summed E-state index contributed by atoms with van der Waals surface area (Å²) in [4.78, 5) is 15.3. The molecule has 11 heteroatoms. The molecule has 2 unspecified atom stereocenters. The second kappa shape index (κ2) is 9.03. The van der Waals surface area contributed by atoms with Gasteiger partial charge in [0.2, 0.25) is 5.91 Å². The molecule has 1 N–H and O–H groups in total. The molecule has 33 heavy (non-hydrogen) atoms. The molecule has 1 amide bonds. The quantitative estimate of drug-likeness (QED) is 0.671. The zero-order valence-corrected chi connectivity index (χ0v) is 19.8. The Balaban J connectivity index is 1.52. The summed E-state index contributed by atoms with van der Waals surface area (Å²) in [7, 11) is -7.43. The van der Waals surface area contributed by atoms with Crippen molar-refractivity contribution < 1.29 is 26.0 Å². The number of hydrogen-bond acceptors (Lipinski definition) is 7. The van der Waals surface area contributed by atoms with Crippen LogP contribution in [0, 0.1) is 5.82 Å². The molecule has 0 radical (unpaired) electrons. The van der Waals surface area contributed by atoms with Crippen LogP contribution in [0.25, 0.3) is 0 Å². The molecule has 8 nitrogen and oxygen atoms in total. The van der Waals surface area contributed by atoms with Crippen LogP contribution in [0.3, 0.4) is 0 Å². The number of rotatable bonds is 5. The molecule has 2 saturated heterocycles. The highest BCUT2D eigenvalue weighted by Crippen LogP contribution is 2.31. The zero-order valence-electron chi connectivity index (χ0n) is 18.1. The first kappa shape index (κ1) is 23.7. The summed E-state index contributed by atoms with van der Waals surface area (Å²) in [5.41, 5.74) is 1.34. The summed E-state index contributed by atoms with van der Waals surface area (Å²) < 4.78 is 65.0. The van der Waals surface area contributed by atoms with Crippen LogP contribution in [-0.2, 0) is 24.5 Å². The third-order valence-corrected chi connectivity index (χ3v) is 10.3. The van der Waals surface area contributed by atoms with Gasteiger partial charge in [-0.2, -0.15) is 0 Å². The lowest BCUT2D eigenvalue weighted by molar-refractivity contribution is -0.114. The number of piperazine rings is 1. The molecular formula is C22H26FN3O5S2. The number of anilines is 2. The van der Waals surface area contributed by atoms with Gasteiger partial charge in [-0.1, -0.05) is 0 Å². The molecule has 2 atom stereocenters. The Bertz CT molecular complexity index is 1220. The molecule has 2 fully saturated rings. The van der Waals surface area contributed by atoms with Gasteiger partial charge in [0.1, 0.15) is 5.82 Å². The fraction of sp³-hybridized carbons (Fsp3) is 0.409. The highest BCUT2D eigenvalue weighted by molar-refractivity contribution is 7.96. The standard InChI is InChI=1S/C22H26FN3O5S2/c1-16(27)24-18-4-8-20(9-5-18)33(30,31)22-15-32(28,29)14-21(22)26-12-10-25(11-13-26)19-6-2-17(23)3-7-19/h2-9,21-22H,10-15H2,1H3,(H,24,27). The molecule has 2 aromatic carbocycles. The second-order valence-corrected chi connectivity index (χ2v) is 12.8. The first-order valence-corrected chi connectivity index (χ1v) is 14.0. The van der Waals surface area contributed by atoms with Gasteiger partial charge in [0, 0.05) is 50.5 Å². The van der Waals surface area contributed by atoms with Crippen molar-refractivity contribution in [1.29, 1.82) is 0 Å². The van der Waals surface area contributed by atoms with Crippen molar-refractivity contribution in [2.24, 2.45) is 0 Å². The predicted molar refractivity (Wildman–Crippen MR) is 124 cm³/mol. The number of carbonyl (C=O) groups excluding carboxylic acids is 1. The average Bonchev–Trinajstić information content (AvgIpc) is 3.11. The van der Waals surface area contributed by atoms with Crippen LogP contribution in [-0.4, -0.2) is 76.6 Å². The van der Waals surface area contributed by atoms with Gasteiger partial charge in [0.05, 0.1) is 21.7 Å². The summed E-state index contributed by atoms with van der Waals surface area (Å²) in [6.45, 7) is 3.53. The van der Waals surface area contributed by atoms with Crippen molar-refractivity contribution in [2.75, 3.05) is 47.9 Å². The highest BCUT2D eigenvalue weighted by atomic mass is 32.2. The molecule has 0 saturated carbocycles. The summed E-state index contributed by atoms with van der Waals surface area (Å²) in [6.07, 6.45) is 0. The molecule has 0 aliphatic carbocycles. The molecule has 178 valence electrons. The Labute approximate surface area is 193 Å². The van der Waals surface area contributed by atoms with Crippen LogP contribution >= 0.6 is 0 Å². The Hall–Kier alpha value is -2.50. The summed E-state index contributed by atoms with van der Waals surface area (Å²) in [5.74, 6) is -1.19. The largest absolute Gasteiger partial charge is 0.369 e. The predicted octanol–water partition coefficient (Wildman–Crippen LogP) is 1.55. The molecule has 4 rings (SSSR count). The smallest absolute Gasteiger partial charge is 0.221 e. The summed E-state index contributed by atoms with van der Waals surface area (Å²) >= 11 is 0. The average molecular weight is 496 g/mol. The van der Waals surface area contributed by atoms with Gasteiger partial charge >= 0.3 is 0 Å². The van der Waals surface area contributed by atoms with E-state index < -0.39 is 36.7 Å². The van der Waals surface area contributed by atoms with Crippen molar-refractivity contribution >= 4 is 37.0 Å². The molecule has 0 aromatic heterocycles. The molecule has 0 bridgehead atoms. The Morgan fingerprint density at radius 1 is 0.970 bits per heavy atom. The Morgan fingerprint density at radius 2 is 1.58 bits per heavy atom. The van der Waals surface area contributed by atoms with E-state index in [0.717, 1.165) is 5.69 Å². The Kier molecular flexibility index (Phi) is 6.47.